The second-order valence-electron chi connectivity index (χ2n) is 4.55. The van der Waals surface area contributed by atoms with E-state index in [1.165, 1.54) is 0 Å². The molecule has 2 atom stereocenters. The summed E-state index contributed by atoms with van der Waals surface area (Å²) < 4.78 is 7.56. The summed E-state index contributed by atoms with van der Waals surface area (Å²) in [6.07, 6.45) is 0.374. The highest BCUT2D eigenvalue weighted by molar-refractivity contribution is 6.07. The monoisotopic (exact) mass is 232 g/mol. The summed E-state index contributed by atoms with van der Waals surface area (Å²) in [5.41, 5.74) is 6.07. The fourth-order valence-corrected chi connectivity index (χ4v) is 2.68. The van der Waals surface area contributed by atoms with Crippen LogP contribution >= 0.6 is 0 Å². The van der Waals surface area contributed by atoms with Gasteiger partial charge in [-0.15, -0.1) is 0 Å². The summed E-state index contributed by atoms with van der Waals surface area (Å²) in [5.74, 6) is -0.565. The lowest BCUT2D eigenvalue weighted by molar-refractivity contribution is -0.120. The Morgan fingerprint density at radius 1 is 1.59 bits per heavy atom. The Bertz CT molecular complexity index is 560. The molecule has 0 aromatic heterocycles. The summed E-state index contributed by atoms with van der Waals surface area (Å²) in [6, 6.07) is 4.93. The number of nitrogens with two attached hydrogens (primary N) is 1. The average molecular weight is 232 g/mol. The van der Waals surface area contributed by atoms with E-state index in [4.69, 9.17) is 7.10 Å². The molecule has 0 saturated carbocycles. The van der Waals surface area contributed by atoms with E-state index in [2.05, 4.69) is 10.6 Å². The molecule has 5 nitrogen and oxygen atoms in total. The van der Waals surface area contributed by atoms with Crippen LogP contribution in [0.3, 0.4) is 0 Å². The van der Waals surface area contributed by atoms with Gasteiger partial charge in [0.25, 0.3) is 0 Å². The van der Waals surface area contributed by atoms with Crippen molar-refractivity contribution in [1.82, 2.24) is 5.32 Å². The zero-order valence-electron chi connectivity index (χ0n) is 10.1. The first-order valence-electron chi connectivity index (χ1n) is 5.98. The van der Waals surface area contributed by atoms with Crippen molar-refractivity contribution in [1.29, 1.82) is 0 Å². The first kappa shape index (κ1) is 9.18. The number of carbonyl (C=O) groups is 2. The van der Waals surface area contributed by atoms with Gasteiger partial charge in [-0.25, -0.2) is 0 Å². The molecule has 5 heteroatoms. The molecule has 2 amide bonds. The minimum absolute atomic E-state index is 0.126. The van der Waals surface area contributed by atoms with Gasteiger partial charge >= 0.3 is 0 Å². The van der Waals surface area contributed by atoms with E-state index in [1.807, 2.05) is 0 Å². The predicted octanol–water partition coefficient (Wildman–Crippen LogP) is -0.276. The van der Waals surface area contributed by atoms with Gasteiger partial charge in [-0.2, -0.15) is 0 Å². The van der Waals surface area contributed by atoms with Crippen molar-refractivity contribution < 1.29 is 11.0 Å². The molecule has 3 rings (SSSR count). The van der Waals surface area contributed by atoms with Gasteiger partial charge in [-0.1, -0.05) is 18.2 Å². The lowest BCUT2D eigenvalue weighted by Crippen LogP contribution is -2.36. The number of amides is 2. The second-order valence-corrected chi connectivity index (χ2v) is 4.55. The largest absolute Gasteiger partial charge is 0.368 e. The number of para-hydroxylation sites is 1. The van der Waals surface area contributed by atoms with Crippen molar-refractivity contribution in [3.63, 3.8) is 0 Å². The maximum absolute atomic E-state index is 12.2. The molecule has 1 spiro atoms. The first-order valence-corrected chi connectivity index (χ1v) is 5.48. The average Bonchev–Trinajstić information content (AvgIpc) is 2.84. The van der Waals surface area contributed by atoms with Gasteiger partial charge in [0.1, 0.15) is 0 Å². The van der Waals surface area contributed by atoms with Gasteiger partial charge in [-0.3, -0.25) is 9.59 Å². The number of hydrogen-bond donors (Lipinski definition) is 3. The van der Waals surface area contributed by atoms with E-state index in [0.29, 0.717) is 24.7 Å². The molecule has 2 aliphatic rings. The number of anilines is 1. The standard InChI is InChI=1S/C12H13N3O2/c13-10(16)9-5-12(6-14-9)7-3-1-2-4-8(7)15-11(12)17/h1-4,9,14H,5-6H2,(H2,13,16)(H,15,17)/i2D. The van der Waals surface area contributed by atoms with Gasteiger partial charge in [0.05, 0.1) is 12.8 Å². The lowest BCUT2D eigenvalue weighted by atomic mass is 9.79. The van der Waals surface area contributed by atoms with E-state index in [1.54, 1.807) is 18.2 Å². The minimum Gasteiger partial charge on any atom is -0.368 e. The Morgan fingerprint density at radius 3 is 3.12 bits per heavy atom. The van der Waals surface area contributed by atoms with Crippen LogP contribution in [0.15, 0.2) is 24.2 Å². The summed E-state index contributed by atoms with van der Waals surface area (Å²) in [6.45, 7) is 0.400. The Hall–Kier alpha value is -1.88. The molecule has 4 N–H and O–H groups in total. The zero-order chi connectivity index (χ0) is 12.9. The Morgan fingerprint density at radius 2 is 2.41 bits per heavy atom. The lowest BCUT2D eigenvalue weighted by Gasteiger charge is -2.19. The van der Waals surface area contributed by atoms with Gasteiger partial charge < -0.3 is 16.4 Å². The van der Waals surface area contributed by atoms with Crippen LogP contribution < -0.4 is 16.4 Å². The zero-order valence-corrected chi connectivity index (χ0v) is 9.12. The van der Waals surface area contributed by atoms with Crippen molar-refractivity contribution in [3.8, 4) is 0 Å². The number of carbonyl (C=O) groups excluding carboxylic acids is 2. The SMILES string of the molecule is [2H]c1ccc2c(c1)NC(=O)C21CNC(C(N)=O)C1. The fourth-order valence-electron chi connectivity index (χ4n) is 2.68. The van der Waals surface area contributed by atoms with Gasteiger partial charge in [-0.05, 0) is 18.1 Å². The van der Waals surface area contributed by atoms with Crippen LogP contribution in [0, 0.1) is 0 Å². The molecule has 2 unspecified atom stereocenters. The van der Waals surface area contributed by atoms with Crippen LogP contribution in [0.4, 0.5) is 5.69 Å². The molecule has 0 radical (unpaired) electrons. The van der Waals surface area contributed by atoms with Crippen molar-refractivity contribution in [2.75, 3.05) is 11.9 Å². The van der Waals surface area contributed by atoms with Gasteiger partial charge in [0.2, 0.25) is 11.8 Å². The highest BCUT2D eigenvalue weighted by Gasteiger charge is 2.52. The number of fused-ring (bicyclic) bond motifs is 2. The second kappa shape index (κ2) is 3.30. The van der Waals surface area contributed by atoms with Crippen molar-refractivity contribution in [2.45, 2.75) is 17.9 Å². The van der Waals surface area contributed by atoms with Crippen LogP contribution in [-0.2, 0) is 15.0 Å². The number of nitrogens with one attached hydrogen (secondary N) is 2. The first-order chi connectivity index (χ1) is 8.53. The van der Waals surface area contributed by atoms with E-state index >= 15 is 0 Å². The number of primary amides is 1. The van der Waals surface area contributed by atoms with Crippen LogP contribution in [-0.4, -0.2) is 24.4 Å². The molecular weight excluding hydrogens is 218 g/mol. The molecule has 17 heavy (non-hydrogen) atoms. The van der Waals surface area contributed by atoms with Gasteiger partial charge in [0.15, 0.2) is 0 Å². The van der Waals surface area contributed by atoms with E-state index in [-0.39, 0.29) is 5.91 Å². The van der Waals surface area contributed by atoms with Crippen molar-refractivity contribution >= 4 is 17.5 Å². The van der Waals surface area contributed by atoms with Crippen LogP contribution in [0.1, 0.15) is 13.4 Å². The van der Waals surface area contributed by atoms with E-state index in [0.717, 1.165) is 5.56 Å². The van der Waals surface area contributed by atoms with Crippen LogP contribution in [0.25, 0.3) is 0 Å². The Kier molecular flexibility index (Phi) is 1.78. The van der Waals surface area contributed by atoms with Gasteiger partial charge in [0, 0.05) is 12.2 Å². The van der Waals surface area contributed by atoms with Crippen molar-refractivity contribution in [3.05, 3.63) is 29.8 Å². The molecule has 0 bridgehead atoms. The molecular formula is C12H13N3O2. The highest BCUT2D eigenvalue weighted by atomic mass is 16.2. The fraction of sp³-hybridized carbons (Fsp3) is 0.333. The highest BCUT2D eigenvalue weighted by Crippen LogP contribution is 2.43. The molecule has 1 saturated heterocycles. The molecule has 1 aromatic carbocycles. The Balaban J connectivity index is 2.05. The van der Waals surface area contributed by atoms with Crippen molar-refractivity contribution in [2.24, 2.45) is 5.73 Å². The number of benzene rings is 1. The molecule has 1 aromatic rings. The Labute approximate surface area is 99.8 Å². The maximum atomic E-state index is 12.2. The summed E-state index contributed by atoms with van der Waals surface area (Å²) >= 11 is 0. The number of hydrogen-bond acceptors (Lipinski definition) is 3. The minimum atomic E-state index is -0.720. The quantitative estimate of drug-likeness (QED) is 0.623. The number of rotatable bonds is 1. The smallest absolute Gasteiger partial charge is 0.236 e. The van der Waals surface area contributed by atoms with Crippen LogP contribution in [0.5, 0.6) is 0 Å². The maximum Gasteiger partial charge on any atom is 0.236 e. The van der Waals surface area contributed by atoms with E-state index in [9.17, 15) is 9.59 Å². The third kappa shape index (κ3) is 1.29. The van der Waals surface area contributed by atoms with E-state index < -0.39 is 17.4 Å². The molecule has 0 aliphatic carbocycles. The molecule has 2 aliphatic heterocycles. The van der Waals surface area contributed by atoms with Crippen LogP contribution in [0.2, 0.25) is 0 Å². The summed E-state index contributed by atoms with van der Waals surface area (Å²) in [5, 5.41) is 5.77. The summed E-state index contributed by atoms with van der Waals surface area (Å²) in [4.78, 5) is 23.4. The molecule has 88 valence electrons. The topological polar surface area (TPSA) is 84.2 Å². The third-order valence-corrected chi connectivity index (χ3v) is 3.61. The third-order valence-electron chi connectivity index (χ3n) is 3.61. The normalized spacial score (nSPS) is 31.2. The molecule has 2 heterocycles. The summed E-state index contributed by atoms with van der Waals surface area (Å²) in [7, 11) is 0. The molecule has 1 fully saturated rings. The predicted molar refractivity (Wildman–Crippen MR) is 62.4 cm³/mol.